The van der Waals surface area contributed by atoms with Crippen LogP contribution in [-0.4, -0.2) is 29.6 Å². The minimum absolute atomic E-state index is 0.599. The van der Waals surface area contributed by atoms with Crippen molar-refractivity contribution in [2.45, 2.75) is 18.8 Å². The van der Waals surface area contributed by atoms with Gasteiger partial charge in [-0.25, -0.2) is 4.98 Å². The molecule has 0 unspecified atom stereocenters. The number of rotatable bonds is 2. The highest BCUT2D eigenvalue weighted by atomic mass is 16.5. The number of imidazole rings is 1. The first-order chi connectivity index (χ1) is 8.36. The van der Waals surface area contributed by atoms with Crippen molar-refractivity contribution >= 4 is 5.65 Å². The predicted molar refractivity (Wildman–Crippen MR) is 66.6 cm³/mol. The van der Waals surface area contributed by atoms with Gasteiger partial charge < -0.3 is 14.5 Å². The molecular formula is C13H17N3O. The lowest BCUT2D eigenvalue weighted by atomic mass is 9.95. The van der Waals surface area contributed by atoms with Crippen LogP contribution in [0.25, 0.3) is 5.65 Å². The van der Waals surface area contributed by atoms with Crippen molar-refractivity contribution in [3.63, 3.8) is 0 Å². The topological polar surface area (TPSA) is 38.6 Å². The second-order valence-corrected chi connectivity index (χ2v) is 4.52. The molecule has 0 radical (unpaired) electrons. The number of pyridine rings is 1. The van der Waals surface area contributed by atoms with Gasteiger partial charge in [0.25, 0.3) is 0 Å². The van der Waals surface area contributed by atoms with Gasteiger partial charge in [0, 0.05) is 12.1 Å². The van der Waals surface area contributed by atoms with E-state index in [1.165, 1.54) is 18.5 Å². The molecule has 2 aromatic heterocycles. The van der Waals surface area contributed by atoms with Crippen molar-refractivity contribution in [3.05, 3.63) is 30.2 Å². The molecule has 0 aliphatic carbocycles. The van der Waals surface area contributed by atoms with Crippen LogP contribution in [0.15, 0.2) is 24.5 Å². The molecule has 90 valence electrons. The molecule has 0 bridgehead atoms. The van der Waals surface area contributed by atoms with Crippen LogP contribution in [0.5, 0.6) is 5.75 Å². The Morgan fingerprint density at radius 2 is 2.12 bits per heavy atom. The smallest absolute Gasteiger partial charge is 0.137 e. The van der Waals surface area contributed by atoms with E-state index >= 15 is 0 Å². The van der Waals surface area contributed by atoms with E-state index in [1.807, 2.05) is 18.3 Å². The number of piperidine rings is 1. The normalized spacial score (nSPS) is 17.5. The molecule has 3 heterocycles. The third-order valence-electron chi connectivity index (χ3n) is 3.44. The monoisotopic (exact) mass is 231 g/mol. The lowest BCUT2D eigenvalue weighted by Gasteiger charge is -2.20. The van der Waals surface area contributed by atoms with Crippen molar-refractivity contribution < 1.29 is 4.74 Å². The molecule has 1 aliphatic heterocycles. The average Bonchev–Trinajstić information content (AvgIpc) is 2.82. The van der Waals surface area contributed by atoms with Crippen LogP contribution in [0.2, 0.25) is 0 Å². The zero-order valence-electron chi connectivity index (χ0n) is 10.0. The second kappa shape index (κ2) is 4.37. The zero-order chi connectivity index (χ0) is 11.7. The Kier molecular flexibility index (Phi) is 2.73. The highest BCUT2D eigenvalue weighted by Gasteiger charge is 2.17. The fourth-order valence-electron chi connectivity index (χ4n) is 2.43. The van der Waals surface area contributed by atoms with Crippen molar-refractivity contribution in [1.29, 1.82) is 0 Å². The summed E-state index contributed by atoms with van der Waals surface area (Å²) in [5, 5.41) is 3.38. The summed E-state index contributed by atoms with van der Waals surface area (Å²) >= 11 is 0. The van der Waals surface area contributed by atoms with E-state index in [9.17, 15) is 0 Å². The number of hydrogen-bond acceptors (Lipinski definition) is 3. The van der Waals surface area contributed by atoms with Gasteiger partial charge in [0.2, 0.25) is 0 Å². The first-order valence-electron chi connectivity index (χ1n) is 6.10. The number of nitrogens with one attached hydrogen (secondary N) is 1. The van der Waals surface area contributed by atoms with Gasteiger partial charge in [0.05, 0.1) is 19.0 Å². The molecule has 0 saturated carbocycles. The van der Waals surface area contributed by atoms with Gasteiger partial charge in [-0.2, -0.15) is 0 Å². The lowest BCUT2D eigenvalue weighted by Crippen LogP contribution is -2.26. The van der Waals surface area contributed by atoms with Crippen LogP contribution >= 0.6 is 0 Å². The van der Waals surface area contributed by atoms with E-state index in [1.54, 1.807) is 7.11 Å². The van der Waals surface area contributed by atoms with E-state index < -0.39 is 0 Å². The third kappa shape index (κ3) is 2.00. The summed E-state index contributed by atoms with van der Waals surface area (Å²) in [6.45, 7) is 2.20. The van der Waals surface area contributed by atoms with Crippen molar-refractivity contribution in [2.75, 3.05) is 20.2 Å². The molecule has 3 rings (SSSR count). The summed E-state index contributed by atoms with van der Waals surface area (Å²) in [7, 11) is 1.69. The quantitative estimate of drug-likeness (QED) is 0.856. The minimum Gasteiger partial charge on any atom is -0.495 e. The number of fused-ring (bicyclic) bond motifs is 1. The van der Waals surface area contributed by atoms with Crippen molar-refractivity contribution in [3.8, 4) is 5.75 Å². The average molecular weight is 231 g/mol. The number of aromatic nitrogens is 2. The fourth-order valence-corrected chi connectivity index (χ4v) is 2.43. The number of methoxy groups -OCH3 is 1. The maximum absolute atomic E-state index is 5.22. The van der Waals surface area contributed by atoms with Crippen LogP contribution in [0.4, 0.5) is 0 Å². The molecule has 4 nitrogen and oxygen atoms in total. The molecule has 0 amide bonds. The summed E-state index contributed by atoms with van der Waals surface area (Å²) in [5.41, 5.74) is 2.21. The van der Waals surface area contributed by atoms with Gasteiger partial charge in [-0.05, 0) is 38.1 Å². The largest absolute Gasteiger partial charge is 0.495 e. The fraction of sp³-hybridized carbons (Fsp3) is 0.462. The molecule has 17 heavy (non-hydrogen) atoms. The van der Waals surface area contributed by atoms with Gasteiger partial charge in [-0.3, -0.25) is 0 Å². The van der Waals surface area contributed by atoms with Gasteiger partial charge in [0.15, 0.2) is 0 Å². The van der Waals surface area contributed by atoms with E-state index in [-0.39, 0.29) is 0 Å². The zero-order valence-corrected chi connectivity index (χ0v) is 10.0. The summed E-state index contributed by atoms with van der Waals surface area (Å²) in [6.07, 6.45) is 6.47. The van der Waals surface area contributed by atoms with Crippen molar-refractivity contribution in [1.82, 2.24) is 14.7 Å². The van der Waals surface area contributed by atoms with Crippen LogP contribution in [0.3, 0.4) is 0 Å². The van der Waals surface area contributed by atoms with E-state index in [2.05, 4.69) is 15.9 Å². The molecule has 0 aromatic carbocycles. The SMILES string of the molecule is COc1ccc2nc(C3CCNCC3)cn2c1. The summed E-state index contributed by atoms with van der Waals surface area (Å²) < 4.78 is 7.27. The standard InChI is InChI=1S/C13H17N3O/c1-17-11-2-3-13-15-12(9-16(13)8-11)10-4-6-14-7-5-10/h2-3,8-10,14H,4-7H2,1H3. The maximum atomic E-state index is 5.22. The summed E-state index contributed by atoms with van der Waals surface area (Å²) in [6, 6.07) is 3.96. The van der Waals surface area contributed by atoms with E-state index in [4.69, 9.17) is 9.72 Å². The van der Waals surface area contributed by atoms with E-state index in [0.717, 1.165) is 24.5 Å². The minimum atomic E-state index is 0.599. The molecule has 4 heteroatoms. The third-order valence-corrected chi connectivity index (χ3v) is 3.44. The summed E-state index contributed by atoms with van der Waals surface area (Å²) in [4.78, 5) is 4.69. The Bertz CT molecular complexity index is 514. The molecule has 1 N–H and O–H groups in total. The van der Waals surface area contributed by atoms with Crippen LogP contribution in [0, 0.1) is 0 Å². The molecular weight excluding hydrogens is 214 g/mol. The van der Waals surface area contributed by atoms with Gasteiger partial charge >= 0.3 is 0 Å². The Hall–Kier alpha value is -1.55. The van der Waals surface area contributed by atoms with Gasteiger partial charge in [-0.15, -0.1) is 0 Å². The van der Waals surface area contributed by atoms with E-state index in [0.29, 0.717) is 5.92 Å². The Labute approximate surface area is 101 Å². The Morgan fingerprint density at radius 3 is 2.88 bits per heavy atom. The van der Waals surface area contributed by atoms with Crippen molar-refractivity contribution in [2.24, 2.45) is 0 Å². The molecule has 1 aliphatic rings. The molecule has 0 spiro atoms. The van der Waals surface area contributed by atoms with Gasteiger partial charge in [-0.1, -0.05) is 0 Å². The molecule has 0 atom stereocenters. The first kappa shape index (κ1) is 10.6. The summed E-state index contributed by atoms with van der Waals surface area (Å²) in [5.74, 6) is 1.47. The first-order valence-corrected chi connectivity index (χ1v) is 6.10. The molecule has 1 fully saturated rings. The lowest BCUT2D eigenvalue weighted by molar-refractivity contribution is 0.412. The highest BCUT2D eigenvalue weighted by molar-refractivity contribution is 5.43. The second-order valence-electron chi connectivity index (χ2n) is 4.52. The van der Waals surface area contributed by atoms with Crippen LogP contribution in [0.1, 0.15) is 24.5 Å². The number of nitrogens with zero attached hydrogens (tertiary/aromatic N) is 2. The number of hydrogen-bond donors (Lipinski definition) is 1. The predicted octanol–water partition coefficient (Wildman–Crippen LogP) is 1.81. The maximum Gasteiger partial charge on any atom is 0.137 e. The number of ether oxygens (including phenoxy) is 1. The van der Waals surface area contributed by atoms with Crippen LogP contribution in [-0.2, 0) is 0 Å². The Morgan fingerprint density at radius 1 is 1.29 bits per heavy atom. The molecule has 2 aromatic rings. The Balaban J connectivity index is 1.95. The highest BCUT2D eigenvalue weighted by Crippen LogP contribution is 2.25. The van der Waals surface area contributed by atoms with Crippen LogP contribution < -0.4 is 10.1 Å². The molecule has 1 saturated heterocycles. The van der Waals surface area contributed by atoms with Gasteiger partial charge in [0.1, 0.15) is 11.4 Å².